The Hall–Kier alpha value is -3.21. The molecule has 0 saturated carbocycles. The summed E-state index contributed by atoms with van der Waals surface area (Å²) >= 11 is 0. The van der Waals surface area contributed by atoms with E-state index in [2.05, 4.69) is 10.6 Å². The molecular weight excluding hydrogens is 316 g/mol. The Morgan fingerprint density at radius 3 is 2.56 bits per heavy atom. The fourth-order valence-electron chi connectivity index (χ4n) is 2.38. The van der Waals surface area contributed by atoms with Crippen LogP contribution < -0.4 is 15.4 Å². The smallest absolute Gasteiger partial charge is 0.253 e. The Morgan fingerprint density at radius 1 is 0.960 bits per heavy atom. The highest BCUT2D eigenvalue weighted by atomic mass is 16.5. The van der Waals surface area contributed by atoms with E-state index in [1.807, 2.05) is 54.6 Å². The summed E-state index contributed by atoms with van der Waals surface area (Å²) in [5.74, 6) is 1.40. The van der Waals surface area contributed by atoms with Crippen molar-refractivity contribution in [1.82, 2.24) is 5.32 Å². The van der Waals surface area contributed by atoms with Crippen LogP contribution >= 0.6 is 0 Å². The summed E-state index contributed by atoms with van der Waals surface area (Å²) in [4.78, 5) is 12.4. The summed E-state index contributed by atoms with van der Waals surface area (Å²) in [7, 11) is 0. The number of hydrogen-bond acceptors (Lipinski definition) is 4. The van der Waals surface area contributed by atoms with E-state index >= 15 is 0 Å². The van der Waals surface area contributed by atoms with Crippen molar-refractivity contribution in [2.24, 2.45) is 0 Å². The Balaban J connectivity index is 1.52. The molecule has 25 heavy (non-hydrogen) atoms. The fraction of sp³-hybridized carbons (Fsp3) is 0.150. The van der Waals surface area contributed by atoms with Crippen molar-refractivity contribution in [1.29, 1.82) is 0 Å². The molecule has 1 aromatic heterocycles. The van der Waals surface area contributed by atoms with Gasteiger partial charge in [-0.05, 0) is 36.4 Å². The second kappa shape index (κ2) is 8.59. The number of carbonyl (C=O) groups excluding carboxylic acids is 1. The number of hydrogen-bond donors (Lipinski definition) is 2. The lowest BCUT2D eigenvalue weighted by atomic mass is 10.1. The molecule has 1 heterocycles. The van der Waals surface area contributed by atoms with E-state index in [-0.39, 0.29) is 5.91 Å². The molecule has 3 rings (SSSR count). The Bertz CT molecular complexity index is 786. The van der Waals surface area contributed by atoms with Crippen molar-refractivity contribution in [3.8, 4) is 5.75 Å². The molecule has 0 fully saturated rings. The number of ether oxygens (including phenoxy) is 1. The summed E-state index contributed by atoms with van der Waals surface area (Å²) in [6.45, 7) is 1.46. The number of carbonyl (C=O) groups is 1. The van der Waals surface area contributed by atoms with E-state index in [1.165, 1.54) is 0 Å². The maximum atomic E-state index is 12.4. The van der Waals surface area contributed by atoms with Crippen LogP contribution in [-0.4, -0.2) is 19.1 Å². The van der Waals surface area contributed by atoms with Gasteiger partial charge in [0, 0.05) is 12.2 Å². The van der Waals surface area contributed by atoms with E-state index in [0.29, 0.717) is 25.3 Å². The molecule has 0 aliphatic rings. The molecule has 128 valence electrons. The topological polar surface area (TPSA) is 63.5 Å². The number of para-hydroxylation sites is 2. The molecule has 0 saturated heterocycles. The monoisotopic (exact) mass is 336 g/mol. The van der Waals surface area contributed by atoms with Crippen molar-refractivity contribution in [2.75, 3.05) is 18.5 Å². The highest BCUT2D eigenvalue weighted by Crippen LogP contribution is 2.15. The summed E-state index contributed by atoms with van der Waals surface area (Å²) < 4.78 is 10.9. The average molecular weight is 336 g/mol. The van der Waals surface area contributed by atoms with Gasteiger partial charge >= 0.3 is 0 Å². The molecule has 0 bridgehead atoms. The van der Waals surface area contributed by atoms with Gasteiger partial charge in [0.15, 0.2) is 0 Å². The second-order valence-electron chi connectivity index (χ2n) is 5.40. The maximum absolute atomic E-state index is 12.4. The summed E-state index contributed by atoms with van der Waals surface area (Å²) in [6, 6.07) is 20.7. The van der Waals surface area contributed by atoms with Crippen LogP contribution in [0.5, 0.6) is 5.75 Å². The third kappa shape index (κ3) is 4.88. The minimum atomic E-state index is -0.150. The first kappa shape index (κ1) is 16.6. The van der Waals surface area contributed by atoms with Gasteiger partial charge in [0.05, 0.1) is 18.4 Å². The molecule has 0 radical (unpaired) electrons. The third-order valence-corrected chi connectivity index (χ3v) is 3.60. The number of anilines is 1. The predicted octanol–water partition coefficient (Wildman–Crippen LogP) is 3.70. The van der Waals surface area contributed by atoms with Gasteiger partial charge in [-0.15, -0.1) is 0 Å². The van der Waals surface area contributed by atoms with E-state index in [4.69, 9.17) is 9.15 Å². The zero-order valence-corrected chi connectivity index (χ0v) is 13.8. The van der Waals surface area contributed by atoms with Crippen LogP contribution in [0.25, 0.3) is 0 Å². The van der Waals surface area contributed by atoms with Crippen LogP contribution in [0.2, 0.25) is 0 Å². The van der Waals surface area contributed by atoms with Crippen LogP contribution in [0.3, 0.4) is 0 Å². The first-order valence-corrected chi connectivity index (χ1v) is 8.14. The SMILES string of the molecule is O=C(NCc1ccco1)c1ccccc1NCCOc1ccccc1. The van der Waals surface area contributed by atoms with Crippen LogP contribution in [0.15, 0.2) is 77.4 Å². The zero-order valence-electron chi connectivity index (χ0n) is 13.8. The van der Waals surface area contributed by atoms with E-state index in [0.717, 1.165) is 17.2 Å². The molecule has 2 aromatic carbocycles. The van der Waals surface area contributed by atoms with Crippen molar-refractivity contribution < 1.29 is 13.9 Å². The van der Waals surface area contributed by atoms with Gasteiger partial charge in [0.2, 0.25) is 0 Å². The number of nitrogens with one attached hydrogen (secondary N) is 2. The fourth-order valence-corrected chi connectivity index (χ4v) is 2.38. The van der Waals surface area contributed by atoms with Gasteiger partial charge < -0.3 is 19.8 Å². The minimum Gasteiger partial charge on any atom is -0.492 e. The predicted molar refractivity (Wildman–Crippen MR) is 96.7 cm³/mol. The van der Waals surface area contributed by atoms with Gasteiger partial charge in [-0.25, -0.2) is 0 Å². The summed E-state index contributed by atoms with van der Waals surface area (Å²) in [6.07, 6.45) is 1.59. The molecule has 0 atom stereocenters. The molecule has 1 amide bonds. The lowest BCUT2D eigenvalue weighted by Gasteiger charge is -2.12. The zero-order chi connectivity index (χ0) is 17.3. The standard InChI is InChI=1S/C20H20N2O3/c23-20(22-15-17-9-6-13-24-17)18-10-4-5-11-19(18)21-12-14-25-16-7-2-1-3-8-16/h1-11,13,21H,12,14-15H2,(H,22,23). The number of benzene rings is 2. The van der Waals surface area contributed by atoms with Crippen LogP contribution in [-0.2, 0) is 6.54 Å². The highest BCUT2D eigenvalue weighted by molar-refractivity contribution is 5.99. The van der Waals surface area contributed by atoms with Crippen molar-refractivity contribution >= 4 is 11.6 Å². The first-order valence-electron chi connectivity index (χ1n) is 8.14. The largest absolute Gasteiger partial charge is 0.492 e. The van der Waals surface area contributed by atoms with Crippen LogP contribution in [0.4, 0.5) is 5.69 Å². The third-order valence-electron chi connectivity index (χ3n) is 3.60. The number of furan rings is 1. The summed E-state index contributed by atoms with van der Waals surface area (Å²) in [5.41, 5.74) is 1.37. The van der Waals surface area contributed by atoms with Crippen LogP contribution in [0, 0.1) is 0 Å². The normalized spacial score (nSPS) is 10.2. The Labute approximate surface area is 146 Å². The highest BCUT2D eigenvalue weighted by Gasteiger charge is 2.10. The van der Waals surface area contributed by atoms with Crippen LogP contribution in [0.1, 0.15) is 16.1 Å². The number of amides is 1. The van der Waals surface area contributed by atoms with Crippen molar-refractivity contribution in [3.05, 3.63) is 84.3 Å². The summed E-state index contributed by atoms with van der Waals surface area (Å²) in [5, 5.41) is 6.10. The average Bonchev–Trinajstić information content (AvgIpc) is 3.18. The van der Waals surface area contributed by atoms with Crippen molar-refractivity contribution in [2.45, 2.75) is 6.54 Å². The number of rotatable bonds is 8. The van der Waals surface area contributed by atoms with E-state index < -0.39 is 0 Å². The molecular formula is C20H20N2O3. The Morgan fingerprint density at radius 2 is 1.76 bits per heavy atom. The second-order valence-corrected chi connectivity index (χ2v) is 5.40. The molecule has 2 N–H and O–H groups in total. The molecule has 0 aliphatic carbocycles. The molecule has 0 unspecified atom stereocenters. The maximum Gasteiger partial charge on any atom is 0.253 e. The minimum absolute atomic E-state index is 0.150. The molecule has 5 nitrogen and oxygen atoms in total. The molecule has 0 spiro atoms. The molecule has 0 aliphatic heterocycles. The van der Waals surface area contributed by atoms with E-state index in [1.54, 1.807) is 18.4 Å². The Kier molecular flexibility index (Phi) is 5.72. The van der Waals surface area contributed by atoms with Gasteiger partial charge in [0.25, 0.3) is 5.91 Å². The van der Waals surface area contributed by atoms with Gasteiger partial charge in [-0.2, -0.15) is 0 Å². The van der Waals surface area contributed by atoms with Gasteiger partial charge in [-0.3, -0.25) is 4.79 Å². The quantitative estimate of drug-likeness (QED) is 0.616. The first-order chi connectivity index (χ1) is 12.3. The van der Waals surface area contributed by atoms with Crippen molar-refractivity contribution in [3.63, 3.8) is 0 Å². The lowest BCUT2D eigenvalue weighted by molar-refractivity contribution is 0.0949. The molecule has 3 aromatic rings. The van der Waals surface area contributed by atoms with E-state index in [9.17, 15) is 4.79 Å². The van der Waals surface area contributed by atoms with Gasteiger partial charge in [0.1, 0.15) is 18.1 Å². The lowest BCUT2D eigenvalue weighted by Crippen LogP contribution is -2.24. The molecule has 5 heteroatoms. The van der Waals surface area contributed by atoms with Gasteiger partial charge in [-0.1, -0.05) is 30.3 Å².